The minimum Gasteiger partial charge on any atom is -0.408 e. The largest absolute Gasteiger partial charge is 0.408 e. The Hall–Kier alpha value is -0.943. The molecule has 1 rings (SSSR count). The highest BCUT2D eigenvalue weighted by molar-refractivity contribution is 6.31. The van der Waals surface area contributed by atoms with Crippen LogP contribution in [0.25, 0.3) is 6.08 Å². The minimum atomic E-state index is -0.605. The molecule has 0 aliphatic rings. The van der Waals surface area contributed by atoms with Gasteiger partial charge in [-0.1, -0.05) is 43.8 Å². The maximum atomic E-state index is 5.85. The van der Waals surface area contributed by atoms with E-state index < -0.39 is 5.41 Å². The summed E-state index contributed by atoms with van der Waals surface area (Å²) in [4.78, 5) is 0. The van der Waals surface area contributed by atoms with E-state index in [1.54, 1.807) is 0 Å². The molecule has 0 aliphatic carbocycles. The van der Waals surface area contributed by atoms with Crippen LogP contribution < -0.4 is 0 Å². The zero-order valence-corrected chi connectivity index (χ0v) is 13.6. The van der Waals surface area contributed by atoms with Crippen LogP contribution in [0.5, 0.6) is 0 Å². The van der Waals surface area contributed by atoms with Crippen LogP contribution in [0, 0.1) is 0 Å². The van der Waals surface area contributed by atoms with Gasteiger partial charge in [-0.05, 0) is 31.4 Å². The van der Waals surface area contributed by atoms with E-state index in [0.717, 1.165) is 17.5 Å². The predicted octanol–water partition coefficient (Wildman–Crippen LogP) is 3.60. The first-order valence-corrected chi connectivity index (χ1v) is 7.99. The van der Waals surface area contributed by atoms with Gasteiger partial charge < -0.3 is 13.9 Å². The Labute approximate surface area is 124 Å². The second-order valence-electron chi connectivity index (χ2n) is 4.27. The number of ether oxygens (including phenoxy) is 2. The molecule has 0 saturated carbocycles. The molecule has 0 heterocycles. The van der Waals surface area contributed by atoms with Crippen molar-refractivity contribution in [1.29, 1.82) is 0 Å². The number of benzene rings is 1. The van der Waals surface area contributed by atoms with Crippen LogP contribution in [-0.4, -0.2) is 28.4 Å². The van der Waals surface area contributed by atoms with Gasteiger partial charge in [-0.3, -0.25) is 0 Å². The number of hydrogen-bond donors (Lipinski definition) is 0. The average molecular weight is 292 g/mol. The number of rotatable bonds is 10. The molecule has 1 aromatic carbocycles. The molecule has 0 bridgehead atoms. The SMILES string of the molecule is C=Cc1ccccc1CO[Si]C(CC)(OCC)OCC. The zero-order valence-electron chi connectivity index (χ0n) is 12.6. The summed E-state index contributed by atoms with van der Waals surface area (Å²) < 4.78 is 17.4. The van der Waals surface area contributed by atoms with E-state index in [1.165, 1.54) is 0 Å². The maximum Gasteiger partial charge on any atom is 0.304 e. The highest BCUT2D eigenvalue weighted by Crippen LogP contribution is 2.18. The molecule has 0 aliphatic heterocycles. The quantitative estimate of drug-likeness (QED) is 0.487. The molecule has 0 amide bonds. The van der Waals surface area contributed by atoms with Crippen molar-refractivity contribution in [2.45, 2.75) is 39.2 Å². The summed E-state index contributed by atoms with van der Waals surface area (Å²) in [7, 11) is 0.152. The summed E-state index contributed by atoms with van der Waals surface area (Å²) in [5.41, 5.74) is 1.63. The van der Waals surface area contributed by atoms with Crippen LogP contribution in [0.3, 0.4) is 0 Å². The Morgan fingerprint density at radius 3 is 2.35 bits per heavy atom. The molecule has 0 unspecified atom stereocenters. The summed E-state index contributed by atoms with van der Waals surface area (Å²) in [6, 6.07) is 8.09. The van der Waals surface area contributed by atoms with Crippen molar-refractivity contribution >= 4 is 15.8 Å². The second kappa shape index (κ2) is 9.08. The molecular formula is C16H24O3Si. The highest BCUT2D eigenvalue weighted by Gasteiger charge is 2.32. The van der Waals surface area contributed by atoms with E-state index in [2.05, 4.69) is 19.6 Å². The fourth-order valence-corrected chi connectivity index (χ4v) is 2.93. The second-order valence-corrected chi connectivity index (χ2v) is 5.52. The molecular weight excluding hydrogens is 268 g/mol. The lowest BCUT2D eigenvalue weighted by atomic mass is 10.1. The Morgan fingerprint density at radius 2 is 1.80 bits per heavy atom. The molecule has 4 heteroatoms. The van der Waals surface area contributed by atoms with Crippen LogP contribution >= 0.6 is 0 Å². The topological polar surface area (TPSA) is 27.7 Å². The van der Waals surface area contributed by atoms with Crippen molar-refractivity contribution in [2.75, 3.05) is 13.2 Å². The minimum absolute atomic E-state index is 0.152. The summed E-state index contributed by atoms with van der Waals surface area (Å²) >= 11 is 0. The van der Waals surface area contributed by atoms with E-state index in [-0.39, 0.29) is 9.76 Å². The molecule has 0 saturated heterocycles. The fourth-order valence-electron chi connectivity index (χ4n) is 1.93. The summed E-state index contributed by atoms with van der Waals surface area (Å²) in [6.45, 7) is 11.6. The van der Waals surface area contributed by atoms with Gasteiger partial charge in [0.05, 0.1) is 6.61 Å². The monoisotopic (exact) mass is 292 g/mol. The van der Waals surface area contributed by atoms with Crippen LogP contribution in [-0.2, 0) is 20.5 Å². The lowest BCUT2D eigenvalue weighted by Gasteiger charge is -2.30. The van der Waals surface area contributed by atoms with Crippen molar-refractivity contribution in [2.24, 2.45) is 0 Å². The molecule has 2 radical (unpaired) electrons. The maximum absolute atomic E-state index is 5.85. The summed E-state index contributed by atoms with van der Waals surface area (Å²) in [6.07, 6.45) is 2.62. The molecule has 0 spiro atoms. The molecule has 1 aromatic rings. The normalized spacial score (nSPS) is 11.6. The Kier molecular flexibility index (Phi) is 7.77. The fraction of sp³-hybridized carbons (Fsp3) is 0.500. The lowest BCUT2D eigenvalue weighted by molar-refractivity contribution is -0.183. The number of hydrogen-bond acceptors (Lipinski definition) is 3. The average Bonchev–Trinajstić information content (AvgIpc) is 2.48. The van der Waals surface area contributed by atoms with Crippen molar-refractivity contribution in [1.82, 2.24) is 0 Å². The molecule has 3 nitrogen and oxygen atoms in total. The van der Waals surface area contributed by atoms with E-state index in [4.69, 9.17) is 13.9 Å². The smallest absolute Gasteiger partial charge is 0.304 e. The lowest BCUT2D eigenvalue weighted by Crippen LogP contribution is -2.43. The van der Waals surface area contributed by atoms with Crippen LogP contribution in [0.1, 0.15) is 38.3 Å². The predicted molar refractivity (Wildman–Crippen MR) is 83.4 cm³/mol. The Balaban J connectivity index is 2.61. The molecule has 0 fully saturated rings. The van der Waals surface area contributed by atoms with E-state index in [1.807, 2.05) is 38.1 Å². The Bertz CT molecular complexity index is 400. The van der Waals surface area contributed by atoms with Crippen molar-refractivity contribution < 1.29 is 13.9 Å². The molecule has 0 N–H and O–H groups in total. The van der Waals surface area contributed by atoms with Gasteiger partial charge in [0.1, 0.15) is 0 Å². The molecule has 0 aromatic heterocycles. The van der Waals surface area contributed by atoms with Crippen LogP contribution in [0.4, 0.5) is 0 Å². The van der Waals surface area contributed by atoms with Crippen molar-refractivity contribution in [3.05, 3.63) is 42.0 Å². The molecule has 20 heavy (non-hydrogen) atoms. The van der Waals surface area contributed by atoms with Gasteiger partial charge in [0, 0.05) is 13.2 Å². The van der Waals surface area contributed by atoms with Crippen LogP contribution in [0.2, 0.25) is 0 Å². The summed E-state index contributed by atoms with van der Waals surface area (Å²) in [5.74, 6) is 0. The van der Waals surface area contributed by atoms with E-state index in [9.17, 15) is 0 Å². The summed E-state index contributed by atoms with van der Waals surface area (Å²) in [5, 5.41) is 0. The van der Waals surface area contributed by atoms with E-state index in [0.29, 0.717) is 19.8 Å². The van der Waals surface area contributed by atoms with E-state index >= 15 is 0 Å². The van der Waals surface area contributed by atoms with Gasteiger partial charge >= 0.3 is 9.76 Å². The zero-order chi connectivity index (χ0) is 14.8. The van der Waals surface area contributed by atoms with Gasteiger partial charge in [-0.2, -0.15) is 0 Å². The molecule has 110 valence electrons. The van der Waals surface area contributed by atoms with Gasteiger partial charge in [0.15, 0.2) is 5.41 Å². The first-order chi connectivity index (χ1) is 9.71. The van der Waals surface area contributed by atoms with Gasteiger partial charge in [-0.25, -0.2) is 0 Å². The third kappa shape index (κ3) is 4.87. The highest BCUT2D eigenvalue weighted by atomic mass is 28.2. The van der Waals surface area contributed by atoms with Gasteiger partial charge in [0.2, 0.25) is 0 Å². The third-order valence-electron chi connectivity index (χ3n) is 2.95. The van der Waals surface area contributed by atoms with Gasteiger partial charge in [-0.15, -0.1) is 0 Å². The van der Waals surface area contributed by atoms with Crippen LogP contribution in [0.15, 0.2) is 30.8 Å². The van der Waals surface area contributed by atoms with Gasteiger partial charge in [0.25, 0.3) is 0 Å². The molecule has 0 atom stereocenters. The Morgan fingerprint density at radius 1 is 1.15 bits per heavy atom. The third-order valence-corrected chi connectivity index (χ3v) is 4.19. The standard InChI is InChI=1S/C16H24O3Si/c1-5-14-11-9-10-12-15(14)13-19-20-16(6-2,17-7-3)18-8-4/h5,9-12H,1,6-8,13H2,2-4H3. The van der Waals surface area contributed by atoms with Crippen molar-refractivity contribution in [3.63, 3.8) is 0 Å². The first kappa shape index (κ1) is 17.1. The first-order valence-electron chi connectivity index (χ1n) is 7.08. The van der Waals surface area contributed by atoms with Crippen molar-refractivity contribution in [3.8, 4) is 0 Å².